The minimum Gasteiger partial charge on any atom is -0.338 e. The zero-order chi connectivity index (χ0) is 14.1. The van der Waals surface area contributed by atoms with E-state index in [1.807, 2.05) is 22.4 Å². The summed E-state index contributed by atoms with van der Waals surface area (Å²) in [5.41, 5.74) is 1.54. The summed E-state index contributed by atoms with van der Waals surface area (Å²) in [6, 6.07) is 4.59. The molecular weight excluding hydrogens is 279 g/mol. The number of alkyl halides is 1. The zero-order valence-electron chi connectivity index (χ0n) is 11.1. The van der Waals surface area contributed by atoms with E-state index in [0.29, 0.717) is 12.4 Å². The molecule has 104 valence electrons. The van der Waals surface area contributed by atoms with Crippen LogP contribution in [0.2, 0.25) is 0 Å². The standard InChI is InChI=1S/C14H14ClFN4/c1-19-7-5-17-13(19)4-6-20-12-8-10(16)2-3-11(12)18-14(20)9-15/h2-3,5,7-8H,4,6,9H2,1H3. The third kappa shape index (κ3) is 2.29. The van der Waals surface area contributed by atoms with Crippen LogP contribution in [0, 0.1) is 5.82 Å². The van der Waals surface area contributed by atoms with Crippen LogP contribution in [0.5, 0.6) is 0 Å². The first-order valence-corrected chi connectivity index (χ1v) is 6.89. The molecule has 0 aliphatic rings. The molecule has 4 nitrogen and oxygen atoms in total. The van der Waals surface area contributed by atoms with E-state index in [0.717, 1.165) is 29.1 Å². The molecule has 2 aromatic heterocycles. The molecule has 0 unspecified atom stereocenters. The number of rotatable bonds is 4. The fourth-order valence-electron chi connectivity index (χ4n) is 2.35. The Morgan fingerprint density at radius 3 is 2.85 bits per heavy atom. The number of imidazole rings is 2. The van der Waals surface area contributed by atoms with Crippen LogP contribution in [0.1, 0.15) is 11.6 Å². The van der Waals surface area contributed by atoms with Crippen LogP contribution in [-0.4, -0.2) is 19.1 Å². The van der Waals surface area contributed by atoms with E-state index < -0.39 is 0 Å². The van der Waals surface area contributed by atoms with Gasteiger partial charge in [-0.2, -0.15) is 0 Å². The van der Waals surface area contributed by atoms with Gasteiger partial charge >= 0.3 is 0 Å². The molecule has 0 radical (unpaired) electrons. The Labute approximate surface area is 120 Å². The van der Waals surface area contributed by atoms with Gasteiger partial charge in [0.05, 0.1) is 16.9 Å². The van der Waals surface area contributed by atoms with E-state index in [1.165, 1.54) is 12.1 Å². The van der Waals surface area contributed by atoms with E-state index in [4.69, 9.17) is 11.6 Å². The monoisotopic (exact) mass is 292 g/mol. The molecule has 0 atom stereocenters. The summed E-state index contributed by atoms with van der Waals surface area (Å²) in [7, 11) is 1.95. The molecule has 1 aromatic carbocycles. The minimum atomic E-state index is -0.267. The van der Waals surface area contributed by atoms with Crippen LogP contribution < -0.4 is 0 Å². The maximum Gasteiger partial charge on any atom is 0.125 e. The molecule has 0 spiro atoms. The Balaban J connectivity index is 1.97. The molecule has 6 heteroatoms. The third-order valence-electron chi connectivity index (χ3n) is 3.39. The number of hydrogen-bond acceptors (Lipinski definition) is 2. The van der Waals surface area contributed by atoms with Crippen molar-refractivity contribution in [3.8, 4) is 0 Å². The molecule has 0 saturated carbocycles. The number of aryl methyl sites for hydroxylation is 3. The van der Waals surface area contributed by atoms with Crippen molar-refractivity contribution >= 4 is 22.6 Å². The quantitative estimate of drug-likeness (QED) is 0.693. The van der Waals surface area contributed by atoms with Crippen LogP contribution in [0.15, 0.2) is 30.6 Å². The molecule has 0 amide bonds. The number of fused-ring (bicyclic) bond motifs is 1. The molecule has 3 aromatic rings. The summed E-state index contributed by atoms with van der Waals surface area (Å²) in [5, 5.41) is 0. The lowest BCUT2D eigenvalue weighted by atomic mass is 10.3. The summed E-state index contributed by atoms with van der Waals surface area (Å²) >= 11 is 5.94. The van der Waals surface area contributed by atoms with Crippen molar-refractivity contribution < 1.29 is 4.39 Å². The second-order valence-corrected chi connectivity index (χ2v) is 4.92. The van der Waals surface area contributed by atoms with Crippen molar-refractivity contribution in [3.63, 3.8) is 0 Å². The van der Waals surface area contributed by atoms with Crippen molar-refractivity contribution in [2.45, 2.75) is 18.8 Å². The van der Waals surface area contributed by atoms with Gasteiger partial charge in [-0.05, 0) is 18.2 Å². The van der Waals surface area contributed by atoms with Gasteiger partial charge in [0.15, 0.2) is 0 Å². The molecule has 3 rings (SSSR count). The second kappa shape index (κ2) is 5.25. The Hall–Kier alpha value is -1.88. The van der Waals surface area contributed by atoms with Crippen molar-refractivity contribution in [1.82, 2.24) is 19.1 Å². The number of aromatic nitrogens is 4. The van der Waals surface area contributed by atoms with E-state index in [9.17, 15) is 4.39 Å². The molecule has 0 fully saturated rings. The maximum absolute atomic E-state index is 13.4. The SMILES string of the molecule is Cn1ccnc1CCn1c(CCl)nc2ccc(F)cc21. The molecule has 0 aliphatic carbocycles. The van der Waals surface area contributed by atoms with Crippen molar-refractivity contribution in [1.29, 1.82) is 0 Å². The summed E-state index contributed by atoms with van der Waals surface area (Å²) in [5.74, 6) is 1.76. The fraction of sp³-hybridized carbons (Fsp3) is 0.286. The van der Waals surface area contributed by atoms with Crippen LogP contribution >= 0.6 is 11.6 Å². The highest BCUT2D eigenvalue weighted by atomic mass is 35.5. The smallest absolute Gasteiger partial charge is 0.125 e. The number of halogens is 2. The molecule has 0 aliphatic heterocycles. The fourth-order valence-corrected chi connectivity index (χ4v) is 2.55. The lowest BCUT2D eigenvalue weighted by Crippen LogP contribution is -2.08. The van der Waals surface area contributed by atoms with Crippen molar-refractivity contribution in [2.24, 2.45) is 7.05 Å². The highest BCUT2D eigenvalue weighted by molar-refractivity contribution is 6.16. The van der Waals surface area contributed by atoms with Gasteiger partial charge in [0.25, 0.3) is 0 Å². The zero-order valence-corrected chi connectivity index (χ0v) is 11.8. The average Bonchev–Trinajstić information content (AvgIpc) is 2.99. The van der Waals surface area contributed by atoms with Crippen molar-refractivity contribution in [3.05, 3.63) is 48.1 Å². The highest BCUT2D eigenvalue weighted by Crippen LogP contribution is 2.19. The largest absolute Gasteiger partial charge is 0.338 e. The van der Waals surface area contributed by atoms with Gasteiger partial charge in [0.2, 0.25) is 0 Å². The number of benzene rings is 1. The van der Waals surface area contributed by atoms with Crippen LogP contribution in [-0.2, 0) is 25.9 Å². The molecule has 2 heterocycles. The molecule has 0 saturated heterocycles. The van der Waals surface area contributed by atoms with Gasteiger partial charge in [-0.3, -0.25) is 0 Å². The lowest BCUT2D eigenvalue weighted by Gasteiger charge is -2.08. The predicted octanol–water partition coefficient (Wildman–Crippen LogP) is 2.89. The second-order valence-electron chi connectivity index (χ2n) is 4.65. The van der Waals surface area contributed by atoms with Crippen LogP contribution in [0.3, 0.4) is 0 Å². The molecule has 20 heavy (non-hydrogen) atoms. The first kappa shape index (κ1) is 13.1. The molecular formula is C14H14ClFN4. The lowest BCUT2D eigenvalue weighted by molar-refractivity contribution is 0.623. The van der Waals surface area contributed by atoms with E-state index >= 15 is 0 Å². The third-order valence-corrected chi connectivity index (χ3v) is 3.63. The average molecular weight is 293 g/mol. The minimum absolute atomic E-state index is 0.267. The predicted molar refractivity (Wildman–Crippen MR) is 76.2 cm³/mol. The highest BCUT2D eigenvalue weighted by Gasteiger charge is 2.11. The van der Waals surface area contributed by atoms with Gasteiger partial charge < -0.3 is 9.13 Å². The topological polar surface area (TPSA) is 35.6 Å². The van der Waals surface area contributed by atoms with Gasteiger partial charge in [0.1, 0.15) is 17.5 Å². The Morgan fingerprint density at radius 1 is 1.30 bits per heavy atom. The van der Waals surface area contributed by atoms with Crippen LogP contribution in [0.4, 0.5) is 4.39 Å². The van der Waals surface area contributed by atoms with E-state index in [2.05, 4.69) is 9.97 Å². The summed E-state index contributed by atoms with van der Waals surface area (Å²) < 4.78 is 17.3. The Morgan fingerprint density at radius 2 is 2.15 bits per heavy atom. The van der Waals surface area contributed by atoms with Crippen LogP contribution in [0.25, 0.3) is 11.0 Å². The maximum atomic E-state index is 13.4. The molecule has 0 bridgehead atoms. The summed E-state index contributed by atoms with van der Waals surface area (Å²) in [4.78, 5) is 8.72. The Bertz CT molecular complexity index is 747. The van der Waals surface area contributed by atoms with Gasteiger partial charge in [-0.1, -0.05) is 0 Å². The summed E-state index contributed by atoms with van der Waals surface area (Å²) in [6.07, 6.45) is 4.42. The first-order chi connectivity index (χ1) is 9.69. The Kier molecular flexibility index (Phi) is 3.44. The van der Waals surface area contributed by atoms with Crippen molar-refractivity contribution in [2.75, 3.05) is 0 Å². The van der Waals surface area contributed by atoms with Gasteiger partial charge in [-0.15, -0.1) is 11.6 Å². The summed E-state index contributed by atoms with van der Waals surface area (Å²) in [6.45, 7) is 0.673. The van der Waals surface area contributed by atoms with E-state index in [-0.39, 0.29) is 5.82 Å². The van der Waals surface area contributed by atoms with Gasteiger partial charge in [0, 0.05) is 32.4 Å². The first-order valence-electron chi connectivity index (χ1n) is 6.36. The number of hydrogen-bond donors (Lipinski definition) is 0. The van der Waals surface area contributed by atoms with E-state index in [1.54, 1.807) is 12.3 Å². The van der Waals surface area contributed by atoms with Gasteiger partial charge in [-0.25, -0.2) is 14.4 Å². The molecule has 0 N–H and O–H groups in total. The number of nitrogens with zero attached hydrogens (tertiary/aromatic N) is 4. The normalized spacial score (nSPS) is 11.3.